The summed E-state index contributed by atoms with van der Waals surface area (Å²) in [6.45, 7) is 18.2. The van der Waals surface area contributed by atoms with Gasteiger partial charge in [0.2, 0.25) is 0 Å². The van der Waals surface area contributed by atoms with E-state index in [0.29, 0.717) is 32.6 Å². The van der Waals surface area contributed by atoms with E-state index in [1.165, 1.54) is 24.4 Å². The Kier molecular flexibility index (Phi) is 26.5. The molecule has 6 nitrogen and oxygen atoms in total. The van der Waals surface area contributed by atoms with Crippen molar-refractivity contribution in [3.63, 3.8) is 0 Å². The Labute approximate surface area is 312 Å². The number of unbranched alkanes of at least 4 members (excludes halogenated alkanes) is 1. The molecule has 10 heteroatoms. The number of carboxylic acid groups (broad SMARTS) is 1. The quantitative estimate of drug-likeness (QED) is 0.188. The second-order valence-corrected chi connectivity index (χ2v) is 10.3. The molecule has 4 rings (SSSR count). The van der Waals surface area contributed by atoms with Crippen LogP contribution in [0.25, 0.3) is 21.6 Å². The number of hydrogen-bond donors (Lipinski definition) is 1. The van der Waals surface area contributed by atoms with Crippen LogP contribution in [0.4, 0.5) is 10.5 Å². The van der Waals surface area contributed by atoms with E-state index in [2.05, 4.69) is 23.5 Å². The molecule has 0 aliphatic carbocycles. The van der Waals surface area contributed by atoms with Crippen LogP contribution in [0.2, 0.25) is 10.0 Å². The van der Waals surface area contributed by atoms with Crippen molar-refractivity contribution in [2.45, 2.75) is 88.2 Å². The van der Waals surface area contributed by atoms with Crippen molar-refractivity contribution in [2.24, 2.45) is 0 Å². The summed E-state index contributed by atoms with van der Waals surface area (Å²) in [5.41, 5.74) is 5.12. The van der Waals surface area contributed by atoms with Gasteiger partial charge in [-0.3, -0.25) is 5.32 Å². The summed E-state index contributed by atoms with van der Waals surface area (Å²) in [5, 5.41) is 14.5. The monoisotopic (exact) mass is 696 g/mol. The molecule has 246 valence electrons. The molecule has 0 aliphatic heterocycles. The Morgan fingerprint density at radius 3 is 1.87 bits per heavy atom. The van der Waals surface area contributed by atoms with Crippen LogP contribution in [-0.2, 0) is 22.6 Å². The van der Waals surface area contributed by atoms with Gasteiger partial charge in [-0.2, -0.15) is 4.37 Å². The Hall–Kier alpha value is -2.39. The molecule has 1 aromatic heterocycles. The van der Waals surface area contributed by atoms with E-state index in [9.17, 15) is 14.7 Å². The Morgan fingerprint density at radius 2 is 1.35 bits per heavy atom. The van der Waals surface area contributed by atoms with Crippen LogP contribution in [0.5, 0.6) is 0 Å². The second-order valence-electron chi connectivity index (χ2n) is 8.70. The summed E-state index contributed by atoms with van der Waals surface area (Å²) in [6.07, 6.45) is 1.80. The predicted molar refractivity (Wildman–Crippen MR) is 191 cm³/mol. The third-order valence-electron chi connectivity index (χ3n) is 5.77. The topological polar surface area (TPSA) is 91.4 Å². The number of amides is 1. The molecule has 0 saturated carbocycles. The van der Waals surface area contributed by atoms with E-state index < -0.39 is 12.1 Å². The van der Waals surface area contributed by atoms with Gasteiger partial charge in [0.25, 0.3) is 0 Å². The molecule has 1 N–H and O–H groups in total. The first kappa shape index (κ1) is 45.7. The van der Waals surface area contributed by atoms with Crippen molar-refractivity contribution < 1.29 is 49.0 Å². The first-order valence-electron chi connectivity index (χ1n) is 15.5. The predicted octanol–water partition coefficient (Wildman–Crippen LogP) is 8.02. The number of carbonyl (C=O) groups is 2. The van der Waals surface area contributed by atoms with Gasteiger partial charge >= 0.3 is 35.7 Å². The summed E-state index contributed by atoms with van der Waals surface area (Å²) in [6, 6.07) is 20.1. The van der Waals surface area contributed by atoms with Gasteiger partial charge in [0.15, 0.2) is 0 Å². The number of nitrogens with zero attached hydrogens (tertiary/aromatic N) is 1. The van der Waals surface area contributed by atoms with Crippen molar-refractivity contribution in [2.75, 3.05) is 5.32 Å². The van der Waals surface area contributed by atoms with E-state index >= 15 is 0 Å². The van der Waals surface area contributed by atoms with Crippen molar-refractivity contribution in [3.8, 4) is 21.6 Å². The van der Waals surface area contributed by atoms with Gasteiger partial charge in [-0.25, -0.2) is 4.79 Å². The number of aryl methyl sites for hydroxylation is 1. The average molecular weight is 698 g/mol. The van der Waals surface area contributed by atoms with Crippen LogP contribution in [0.3, 0.4) is 0 Å². The molecular weight excluding hydrogens is 650 g/mol. The van der Waals surface area contributed by atoms with Gasteiger partial charge in [-0.1, -0.05) is 146 Å². The standard InChI is InChI=1S/C26H20Cl2N2O4S.C4H10.3C2H6.Na/c1-15-24(29-26(33)34-14-20-4-2-3-5-21(20)27)25(35-30-15)17-8-6-16(7-9-17)18-10-11-19(13-23(31)32)22(28)12-18;1-3-4-2;3*1-2;/h2-12H,13-14H2,1H3,(H,29,33)(H,31,32);3-4H2,1-2H3;3*1-2H3;/q;;;;;+1/p-1. The van der Waals surface area contributed by atoms with Crippen LogP contribution < -0.4 is 40.0 Å². The fraction of sp³-hybridized carbons (Fsp3) is 0.361. The molecule has 0 saturated heterocycles. The number of aromatic nitrogens is 1. The summed E-state index contributed by atoms with van der Waals surface area (Å²) in [7, 11) is 0. The average Bonchev–Trinajstić information content (AvgIpc) is 3.43. The molecule has 46 heavy (non-hydrogen) atoms. The van der Waals surface area contributed by atoms with Gasteiger partial charge in [0, 0.05) is 28.0 Å². The first-order chi connectivity index (χ1) is 21.7. The van der Waals surface area contributed by atoms with Gasteiger partial charge in [0.05, 0.1) is 16.3 Å². The Morgan fingerprint density at radius 1 is 0.804 bits per heavy atom. The smallest absolute Gasteiger partial charge is 0.550 e. The number of rotatable bonds is 8. The third-order valence-corrected chi connectivity index (χ3v) is 7.48. The summed E-state index contributed by atoms with van der Waals surface area (Å²) in [4.78, 5) is 24.1. The second kappa shape index (κ2) is 26.7. The van der Waals surface area contributed by atoms with Gasteiger partial charge < -0.3 is 14.6 Å². The van der Waals surface area contributed by atoms with Crippen LogP contribution in [-0.4, -0.2) is 16.4 Å². The molecule has 3 aromatic carbocycles. The van der Waals surface area contributed by atoms with Crippen molar-refractivity contribution in [1.29, 1.82) is 0 Å². The molecule has 4 aromatic rings. The minimum Gasteiger partial charge on any atom is -0.550 e. The van der Waals surface area contributed by atoms with Crippen LogP contribution in [0.15, 0.2) is 66.7 Å². The van der Waals surface area contributed by atoms with E-state index in [-0.39, 0.29) is 42.6 Å². The summed E-state index contributed by atoms with van der Waals surface area (Å²) < 4.78 is 9.72. The maximum atomic E-state index is 12.4. The zero-order valence-electron chi connectivity index (χ0n) is 28.9. The van der Waals surface area contributed by atoms with E-state index in [4.69, 9.17) is 27.9 Å². The number of aliphatic carboxylic acids is 1. The molecule has 0 radical (unpaired) electrons. The first-order valence-corrected chi connectivity index (χ1v) is 17.0. The molecule has 1 amide bonds. The van der Waals surface area contributed by atoms with E-state index in [0.717, 1.165) is 21.6 Å². The zero-order valence-corrected chi connectivity index (χ0v) is 33.3. The maximum Gasteiger partial charge on any atom is 1.00 e. The molecule has 0 spiro atoms. The number of ether oxygens (including phenoxy) is 1. The minimum atomic E-state index is -1.18. The van der Waals surface area contributed by atoms with Crippen molar-refractivity contribution in [1.82, 2.24) is 4.37 Å². The summed E-state index contributed by atoms with van der Waals surface area (Å²) >= 11 is 13.6. The fourth-order valence-electron chi connectivity index (χ4n) is 3.45. The number of carbonyl (C=O) groups excluding carboxylic acids is 2. The van der Waals surface area contributed by atoms with Gasteiger partial charge in [-0.05, 0) is 52.8 Å². The van der Waals surface area contributed by atoms with Crippen molar-refractivity contribution >= 4 is 52.5 Å². The number of benzene rings is 3. The number of anilines is 1. The molecule has 0 atom stereocenters. The fourth-order valence-corrected chi connectivity index (χ4v) is 4.74. The normalized spacial score (nSPS) is 9.20. The Balaban J connectivity index is 0. The molecule has 1 heterocycles. The zero-order chi connectivity index (χ0) is 34.4. The van der Waals surface area contributed by atoms with E-state index in [1.807, 2.05) is 90.9 Å². The molecule has 0 fully saturated rings. The van der Waals surface area contributed by atoms with E-state index in [1.54, 1.807) is 24.3 Å². The number of carboxylic acids is 1. The molecule has 0 aliphatic rings. The summed E-state index contributed by atoms with van der Waals surface area (Å²) in [5.74, 6) is -1.18. The number of hydrogen-bond acceptors (Lipinski definition) is 6. The van der Waals surface area contributed by atoms with Crippen LogP contribution in [0.1, 0.15) is 85.1 Å². The number of halogens is 2. The van der Waals surface area contributed by atoms with Gasteiger partial charge in [-0.15, -0.1) is 0 Å². The Bertz CT molecular complexity index is 1430. The molecule has 0 bridgehead atoms. The molecule has 0 unspecified atom stereocenters. The van der Waals surface area contributed by atoms with Gasteiger partial charge in [0.1, 0.15) is 6.61 Å². The minimum absolute atomic E-state index is 0. The molecular formula is C36H47Cl2N2NaO4S. The maximum absolute atomic E-state index is 12.4. The SMILES string of the molecule is CC.CC.CC.CCCC.Cc1nsc(-c2ccc(-c3ccc(CC(=O)[O-])c(Cl)c3)cc2)c1NC(=O)OCc1ccccc1Cl.[Na+]. The third kappa shape index (κ3) is 15.5. The van der Waals surface area contributed by atoms with Crippen LogP contribution >= 0.6 is 34.7 Å². The largest absolute Gasteiger partial charge is 1.00 e. The number of nitrogens with one attached hydrogen (secondary N) is 1. The van der Waals surface area contributed by atoms with Crippen molar-refractivity contribution in [3.05, 3.63) is 93.6 Å². The van der Waals surface area contributed by atoms with Crippen LogP contribution in [0, 0.1) is 6.92 Å².